The number of methoxy groups -OCH3 is 2. The largest absolute Gasteiger partial charge is 0.497 e. The number of aromatic nitrogens is 2. The molecule has 3 rings (SSSR count). The summed E-state index contributed by atoms with van der Waals surface area (Å²) in [4.78, 5) is 14.9. The smallest absolute Gasteiger partial charge is 0.279 e. The molecule has 0 bridgehead atoms. The number of ether oxygens (including phenoxy) is 2. The summed E-state index contributed by atoms with van der Waals surface area (Å²) < 4.78 is 10.4. The topological polar surface area (TPSA) is 64.5 Å². The van der Waals surface area contributed by atoms with Gasteiger partial charge < -0.3 is 14.4 Å². The second kappa shape index (κ2) is 6.86. The summed E-state index contributed by atoms with van der Waals surface area (Å²) in [5.41, 5.74) is 1.10. The van der Waals surface area contributed by atoms with Crippen molar-refractivity contribution in [2.24, 2.45) is 5.92 Å². The number of hydrogen-bond donors (Lipinski definition) is 0. The number of rotatable bonds is 6. The van der Waals surface area contributed by atoms with E-state index in [0.29, 0.717) is 11.7 Å². The van der Waals surface area contributed by atoms with Gasteiger partial charge in [-0.25, -0.2) is 0 Å². The Morgan fingerprint density at radius 1 is 1.17 bits per heavy atom. The molecular formula is C18H21N3O3. The average Bonchev–Trinajstić information content (AvgIpc) is 3.47. The van der Waals surface area contributed by atoms with Gasteiger partial charge in [0.15, 0.2) is 5.69 Å². The molecule has 1 amide bonds. The van der Waals surface area contributed by atoms with Crippen LogP contribution in [0.15, 0.2) is 36.5 Å². The number of carbonyl (C=O) groups is 1. The van der Waals surface area contributed by atoms with Crippen LogP contribution in [0.1, 0.15) is 30.3 Å². The van der Waals surface area contributed by atoms with Gasteiger partial charge >= 0.3 is 0 Å². The van der Waals surface area contributed by atoms with Gasteiger partial charge in [0.1, 0.15) is 11.5 Å². The van der Waals surface area contributed by atoms with E-state index in [1.807, 2.05) is 24.3 Å². The second-order valence-corrected chi connectivity index (χ2v) is 5.93. The predicted octanol–water partition coefficient (Wildman–Crippen LogP) is 2.94. The highest BCUT2D eigenvalue weighted by Gasteiger charge is 2.36. The van der Waals surface area contributed by atoms with Crippen LogP contribution in [0.3, 0.4) is 0 Å². The second-order valence-electron chi connectivity index (χ2n) is 5.93. The Hall–Kier alpha value is -2.63. The van der Waals surface area contributed by atoms with Crippen molar-refractivity contribution in [3.05, 3.63) is 42.2 Å². The molecule has 0 aliphatic heterocycles. The highest BCUT2D eigenvalue weighted by molar-refractivity contribution is 6.05. The number of amides is 1. The molecule has 1 unspecified atom stereocenters. The monoisotopic (exact) mass is 327 g/mol. The lowest BCUT2D eigenvalue weighted by Gasteiger charge is -2.29. The molecule has 1 atom stereocenters. The van der Waals surface area contributed by atoms with E-state index in [2.05, 4.69) is 17.1 Å². The zero-order chi connectivity index (χ0) is 17.1. The third-order valence-electron chi connectivity index (χ3n) is 4.37. The van der Waals surface area contributed by atoms with Gasteiger partial charge in [0, 0.05) is 17.8 Å². The summed E-state index contributed by atoms with van der Waals surface area (Å²) in [6.45, 7) is 2.08. The van der Waals surface area contributed by atoms with E-state index in [1.165, 1.54) is 6.20 Å². The van der Waals surface area contributed by atoms with Crippen LogP contribution in [0.2, 0.25) is 0 Å². The van der Waals surface area contributed by atoms with Crippen LogP contribution >= 0.6 is 0 Å². The molecule has 0 saturated heterocycles. The lowest BCUT2D eigenvalue weighted by atomic mass is 10.1. The van der Waals surface area contributed by atoms with E-state index in [0.717, 1.165) is 24.3 Å². The number of anilines is 1. The van der Waals surface area contributed by atoms with Crippen molar-refractivity contribution in [2.45, 2.75) is 25.8 Å². The van der Waals surface area contributed by atoms with E-state index >= 15 is 0 Å². The van der Waals surface area contributed by atoms with Gasteiger partial charge in [-0.1, -0.05) is 0 Å². The lowest BCUT2D eigenvalue weighted by molar-refractivity contribution is 0.0969. The Morgan fingerprint density at radius 2 is 1.83 bits per heavy atom. The van der Waals surface area contributed by atoms with Crippen molar-refractivity contribution in [3.8, 4) is 11.5 Å². The highest BCUT2D eigenvalue weighted by atomic mass is 16.5. The fraction of sp³-hybridized carbons (Fsp3) is 0.389. The molecule has 126 valence electrons. The summed E-state index contributed by atoms with van der Waals surface area (Å²) in [6.07, 6.45) is 3.77. The Kier molecular flexibility index (Phi) is 4.64. The van der Waals surface area contributed by atoms with Crippen LogP contribution in [0.5, 0.6) is 11.5 Å². The molecule has 24 heavy (non-hydrogen) atoms. The summed E-state index contributed by atoms with van der Waals surface area (Å²) in [7, 11) is 3.16. The molecule has 1 aliphatic rings. The quantitative estimate of drug-likeness (QED) is 0.816. The Bertz CT molecular complexity index is 714. The molecule has 0 spiro atoms. The van der Waals surface area contributed by atoms with Gasteiger partial charge in [-0.2, -0.15) is 5.10 Å². The zero-order valence-electron chi connectivity index (χ0n) is 14.1. The Labute approximate surface area is 141 Å². The summed E-state index contributed by atoms with van der Waals surface area (Å²) in [6, 6.07) is 9.20. The van der Waals surface area contributed by atoms with Crippen molar-refractivity contribution >= 4 is 11.6 Å². The van der Waals surface area contributed by atoms with E-state index in [-0.39, 0.29) is 17.6 Å². The molecule has 1 fully saturated rings. The maximum absolute atomic E-state index is 13.1. The van der Waals surface area contributed by atoms with Crippen LogP contribution in [0, 0.1) is 5.92 Å². The fourth-order valence-electron chi connectivity index (χ4n) is 2.76. The number of hydrogen-bond acceptors (Lipinski definition) is 5. The first-order chi connectivity index (χ1) is 11.6. The zero-order valence-corrected chi connectivity index (χ0v) is 14.1. The van der Waals surface area contributed by atoms with Crippen LogP contribution in [0.25, 0.3) is 0 Å². The number of carbonyl (C=O) groups excluding carboxylic acids is 1. The van der Waals surface area contributed by atoms with Crippen LogP contribution in [-0.2, 0) is 0 Å². The van der Waals surface area contributed by atoms with Crippen molar-refractivity contribution in [3.63, 3.8) is 0 Å². The minimum absolute atomic E-state index is 0.0962. The summed E-state index contributed by atoms with van der Waals surface area (Å²) >= 11 is 0. The molecule has 0 radical (unpaired) electrons. The Balaban J connectivity index is 1.95. The third-order valence-corrected chi connectivity index (χ3v) is 4.37. The number of benzene rings is 1. The first-order valence-corrected chi connectivity index (χ1v) is 7.98. The van der Waals surface area contributed by atoms with Crippen LogP contribution in [-0.4, -0.2) is 36.4 Å². The molecule has 0 N–H and O–H groups in total. The molecule has 6 nitrogen and oxygen atoms in total. The maximum atomic E-state index is 13.1. The molecule has 6 heteroatoms. The van der Waals surface area contributed by atoms with Gasteiger partial charge in [-0.15, -0.1) is 5.10 Å². The minimum atomic E-state index is -0.175. The molecule has 1 heterocycles. The SMILES string of the molecule is COc1ccc(N(C(=O)c2cc(OC)cnn2)C(C)C2CC2)cc1. The molecule has 1 aromatic heterocycles. The third kappa shape index (κ3) is 3.32. The first kappa shape index (κ1) is 16.2. The highest BCUT2D eigenvalue weighted by Crippen LogP contribution is 2.37. The van der Waals surface area contributed by atoms with Crippen LogP contribution < -0.4 is 14.4 Å². The molecular weight excluding hydrogens is 306 g/mol. The van der Waals surface area contributed by atoms with Crippen molar-refractivity contribution in [1.82, 2.24) is 10.2 Å². The van der Waals surface area contributed by atoms with Gasteiger partial charge in [-0.3, -0.25) is 4.79 Å². The minimum Gasteiger partial charge on any atom is -0.497 e. The molecule has 1 saturated carbocycles. The molecule has 1 aromatic carbocycles. The summed E-state index contributed by atoms with van der Waals surface area (Å²) in [5.74, 6) is 1.62. The van der Waals surface area contributed by atoms with Gasteiger partial charge in [0.2, 0.25) is 0 Å². The average molecular weight is 327 g/mol. The molecule has 1 aliphatic carbocycles. The van der Waals surface area contributed by atoms with Gasteiger partial charge in [-0.05, 0) is 49.9 Å². The van der Waals surface area contributed by atoms with Crippen molar-refractivity contribution in [2.75, 3.05) is 19.1 Å². The van der Waals surface area contributed by atoms with E-state index in [4.69, 9.17) is 9.47 Å². The number of nitrogens with zero attached hydrogens (tertiary/aromatic N) is 3. The van der Waals surface area contributed by atoms with Crippen LogP contribution in [0.4, 0.5) is 5.69 Å². The summed E-state index contributed by atoms with van der Waals surface area (Å²) in [5, 5.41) is 7.84. The van der Waals surface area contributed by atoms with Gasteiger partial charge in [0.25, 0.3) is 5.91 Å². The Morgan fingerprint density at radius 3 is 2.42 bits per heavy atom. The van der Waals surface area contributed by atoms with E-state index in [9.17, 15) is 4.79 Å². The lowest BCUT2D eigenvalue weighted by Crippen LogP contribution is -2.40. The first-order valence-electron chi connectivity index (χ1n) is 7.98. The van der Waals surface area contributed by atoms with Crippen molar-refractivity contribution in [1.29, 1.82) is 0 Å². The van der Waals surface area contributed by atoms with Gasteiger partial charge in [0.05, 0.1) is 20.4 Å². The maximum Gasteiger partial charge on any atom is 0.279 e. The molecule has 2 aromatic rings. The fourth-order valence-corrected chi connectivity index (χ4v) is 2.76. The predicted molar refractivity (Wildman–Crippen MR) is 90.6 cm³/mol. The van der Waals surface area contributed by atoms with E-state index in [1.54, 1.807) is 25.2 Å². The standard InChI is InChI=1S/C18H21N3O3/c1-12(13-4-5-13)21(14-6-8-15(23-2)9-7-14)18(22)17-10-16(24-3)11-19-20-17/h6-13H,4-5H2,1-3H3. The van der Waals surface area contributed by atoms with E-state index < -0.39 is 0 Å². The van der Waals surface area contributed by atoms with Crippen molar-refractivity contribution < 1.29 is 14.3 Å². The normalized spacial score (nSPS) is 14.8.